The van der Waals surface area contributed by atoms with Crippen molar-refractivity contribution in [1.82, 2.24) is 9.55 Å². The van der Waals surface area contributed by atoms with Gasteiger partial charge in [0, 0.05) is 30.6 Å². The lowest BCUT2D eigenvalue weighted by Crippen LogP contribution is -2.13. The zero-order valence-corrected chi connectivity index (χ0v) is 17.2. The number of benzene rings is 1. The largest absolute Gasteiger partial charge is 0.466 e. The number of esters is 1. The van der Waals surface area contributed by atoms with E-state index in [9.17, 15) is 4.79 Å². The Morgan fingerprint density at radius 2 is 2.04 bits per heavy atom. The number of ether oxygens (including phenoxy) is 1. The average molecular weight is 389 g/mol. The van der Waals surface area contributed by atoms with Crippen LogP contribution < -0.4 is 0 Å². The molecule has 0 saturated carbocycles. The number of aromatic nitrogens is 2. The molecule has 0 N–H and O–H groups in total. The van der Waals surface area contributed by atoms with Crippen molar-refractivity contribution in [2.45, 2.75) is 63.7 Å². The van der Waals surface area contributed by atoms with E-state index in [1.54, 1.807) is 0 Å². The number of aryl methyl sites for hydroxylation is 1. The minimum Gasteiger partial charge on any atom is -0.466 e. The van der Waals surface area contributed by atoms with Gasteiger partial charge in [-0.15, -0.1) is 0 Å². The number of imidazole rings is 1. The van der Waals surface area contributed by atoms with Gasteiger partial charge in [0.05, 0.1) is 12.9 Å². The maximum atomic E-state index is 11.4. The second kappa shape index (κ2) is 13.4. The minimum absolute atomic E-state index is 0.0657. The Bertz CT molecular complexity index is 617. The summed E-state index contributed by atoms with van der Waals surface area (Å²) in [6.07, 6.45) is 13.1. The van der Waals surface area contributed by atoms with Gasteiger partial charge in [0.1, 0.15) is 0 Å². The molecule has 2 rings (SSSR count). The summed E-state index contributed by atoms with van der Waals surface area (Å²) in [7, 11) is 0. The molecule has 1 aromatic carbocycles. The van der Waals surface area contributed by atoms with Gasteiger partial charge in [-0.1, -0.05) is 36.8 Å². The number of rotatable bonds is 14. The van der Waals surface area contributed by atoms with Crippen molar-refractivity contribution in [2.75, 3.05) is 12.4 Å². The summed E-state index contributed by atoms with van der Waals surface area (Å²) in [5, 5.41) is 0.605. The second-order valence-corrected chi connectivity index (χ2v) is 8.15. The fraction of sp³-hybridized carbons (Fsp3) is 0.545. The van der Waals surface area contributed by atoms with Crippen molar-refractivity contribution in [1.29, 1.82) is 0 Å². The van der Waals surface area contributed by atoms with E-state index in [-0.39, 0.29) is 5.97 Å². The van der Waals surface area contributed by atoms with Crippen molar-refractivity contribution >= 4 is 17.7 Å². The highest BCUT2D eigenvalue weighted by Gasteiger charge is 2.10. The molecule has 0 fully saturated rings. The molecule has 27 heavy (non-hydrogen) atoms. The number of carbonyl (C=O) groups excluding carboxylic acids is 1. The van der Waals surface area contributed by atoms with Gasteiger partial charge in [-0.2, -0.15) is 11.8 Å². The first-order valence-corrected chi connectivity index (χ1v) is 11.1. The van der Waals surface area contributed by atoms with Crippen LogP contribution in [0.15, 0.2) is 49.1 Å². The molecule has 1 aromatic heterocycles. The molecule has 0 bridgehead atoms. The number of carbonyl (C=O) groups is 1. The molecule has 0 amide bonds. The van der Waals surface area contributed by atoms with Gasteiger partial charge in [0.2, 0.25) is 0 Å². The molecule has 4 nitrogen and oxygen atoms in total. The summed E-state index contributed by atoms with van der Waals surface area (Å²) in [6, 6.07) is 10.7. The van der Waals surface area contributed by atoms with Gasteiger partial charge < -0.3 is 9.30 Å². The fourth-order valence-electron chi connectivity index (χ4n) is 3.07. The van der Waals surface area contributed by atoms with Crippen molar-refractivity contribution in [2.24, 2.45) is 0 Å². The quantitative estimate of drug-likeness (QED) is 0.332. The van der Waals surface area contributed by atoms with E-state index < -0.39 is 0 Å². The third-order valence-corrected chi connectivity index (χ3v) is 5.87. The summed E-state index contributed by atoms with van der Waals surface area (Å²) < 4.78 is 7.15. The second-order valence-electron chi connectivity index (χ2n) is 6.75. The molecule has 148 valence electrons. The molecule has 1 heterocycles. The first kappa shape index (κ1) is 21.5. The number of nitrogens with zero attached hydrogens (tertiary/aromatic N) is 2. The summed E-state index contributed by atoms with van der Waals surface area (Å²) in [6.45, 7) is 3.35. The Labute approximate surface area is 167 Å². The van der Waals surface area contributed by atoms with E-state index in [0.717, 1.165) is 38.0 Å². The zero-order chi connectivity index (χ0) is 19.2. The minimum atomic E-state index is -0.0657. The maximum Gasteiger partial charge on any atom is 0.305 e. The van der Waals surface area contributed by atoms with Crippen molar-refractivity contribution in [3.63, 3.8) is 0 Å². The Balaban J connectivity index is 1.66. The summed E-state index contributed by atoms with van der Waals surface area (Å²) in [5.41, 5.74) is 1.42. The van der Waals surface area contributed by atoms with Crippen LogP contribution in [0.25, 0.3) is 0 Å². The molecular weight excluding hydrogens is 356 g/mol. The monoisotopic (exact) mass is 388 g/mol. The molecule has 0 aliphatic rings. The van der Waals surface area contributed by atoms with E-state index >= 15 is 0 Å². The van der Waals surface area contributed by atoms with Gasteiger partial charge >= 0.3 is 5.97 Å². The predicted molar refractivity (Wildman–Crippen MR) is 113 cm³/mol. The summed E-state index contributed by atoms with van der Waals surface area (Å²) in [5.74, 6) is 1.08. The molecule has 0 aliphatic heterocycles. The highest BCUT2D eigenvalue weighted by molar-refractivity contribution is 7.99. The normalized spacial score (nSPS) is 12.0. The summed E-state index contributed by atoms with van der Waals surface area (Å²) >= 11 is 2.06. The van der Waals surface area contributed by atoms with Crippen LogP contribution in [0.2, 0.25) is 0 Å². The topological polar surface area (TPSA) is 44.1 Å². The van der Waals surface area contributed by atoms with Crippen LogP contribution in [-0.2, 0) is 22.5 Å². The molecular formula is C22H32N2O2S. The van der Waals surface area contributed by atoms with Crippen LogP contribution in [0, 0.1) is 0 Å². The Kier molecular flexibility index (Phi) is 10.7. The van der Waals surface area contributed by atoms with Crippen LogP contribution in [0.5, 0.6) is 0 Å². The van der Waals surface area contributed by atoms with Gasteiger partial charge in [-0.05, 0) is 50.3 Å². The fourth-order valence-corrected chi connectivity index (χ4v) is 4.38. The SMILES string of the molecule is CCOC(=O)CCCCCSC(CCCc1ccccc1)Cn1ccnc1. The van der Waals surface area contributed by atoms with E-state index in [1.807, 2.05) is 25.6 Å². The van der Waals surface area contributed by atoms with E-state index in [4.69, 9.17) is 4.74 Å². The van der Waals surface area contributed by atoms with Crippen LogP contribution in [-0.4, -0.2) is 33.1 Å². The van der Waals surface area contributed by atoms with Crippen LogP contribution in [0.1, 0.15) is 51.0 Å². The smallest absolute Gasteiger partial charge is 0.305 e. The van der Waals surface area contributed by atoms with Crippen molar-refractivity contribution < 1.29 is 9.53 Å². The molecule has 0 saturated heterocycles. The zero-order valence-electron chi connectivity index (χ0n) is 16.4. The highest BCUT2D eigenvalue weighted by atomic mass is 32.2. The lowest BCUT2D eigenvalue weighted by atomic mass is 10.1. The molecule has 2 aromatic rings. The lowest BCUT2D eigenvalue weighted by molar-refractivity contribution is -0.143. The molecule has 5 heteroatoms. The van der Waals surface area contributed by atoms with Crippen molar-refractivity contribution in [3.05, 3.63) is 54.6 Å². The van der Waals surface area contributed by atoms with Gasteiger partial charge in [0.25, 0.3) is 0 Å². The predicted octanol–water partition coefficient (Wildman–Crippen LogP) is 5.13. The maximum absolute atomic E-state index is 11.4. The molecule has 0 radical (unpaired) electrons. The number of thioether (sulfide) groups is 1. The van der Waals surface area contributed by atoms with Gasteiger partial charge in [-0.3, -0.25) is 4.79 Å². The standard InChI is InChI=1S/C22H32N2O2S/c1-2-26-22(25)14-7-4-8-17-27-21(18-24-16-15-23-19-24)13-9-12-20-10-5-3-6-11-20/h3,5-6,10-11,15-16,19,21H,2,4,7-9,12-14,17-18H2,1H3. The molecule has 1 unspecified atom stereocenters. The third-order valence-electron chi connectivity index (χ3n) is 4.49. The number of hydrogen-bond donors (Lipinski definition) is 0. The van der Waals surface area contributed by atoms with Crippen molar-refractivity contribution in [3.8, 4) is 0 Å². The van der Waals surface area contributed by atoms with Crippen LogP contribution in [0.4, 0.5) is 0 Å². The van der Waals surface area contributed by atoms with E-state index in [2.05, 4.69) is 51.6 Å². The Morgan fingerprint density at radius 1 is 1.19 bits per heavy atom. The number of hydrogen-bond acceptors (Lipinski definition) is 4. The first-order chi connectivity index (χ1) is 13.3. The Hall–Kier alpha value is -1.75. The molecule has 0 spiro atoms. The average Bonchev–Trinajstić information content (AvgIpc) is 3.18. The summed E-state index contributed by atoms with van der Waals surface area (Å²) in [4.78, 5) is 15.5. The lowest BCUT2D eigenvalue weighted by Gasteiger charge is -2.17. The van der Waals surface area contributed by atoms with Crippen LogP contribution in [0.3, 0.4) is 0 Å². The van der Waals surface area contributed by atoms with E-state index in [1.165, 1.54) is 18.4 Å². The first-order valence-electron chi connectivity index (χ1n) is 10.0. The molecule has 0 aliphatic carbocycles. The highest BCUT2D eigenvalue weighted by Crippen LogP contribution is 2.22. The van der Waals surface area contributed by atoms with Gasteiger partial charge in [-0.25, -0.2) is 4.98 Å². The van der Waals surface area contributed by atoms with Crippen LogP contribution >= 0.6 is 11.8 Å². The van der Waals surface area contributed by atoms with Gasteiger partial charge in [0.15, 0.2) is 0 Å². The third kappa shape index (κ3) is 9.66. The Morgan fingerprint density at radius 3 is 2.78 bits per heavy atom. The number of unbranched alkanes of at least 4 members (excludes halogenated alkanes) is 2. The molecule has 1 atom stereocenters. The van der Waals surface area contributed by atoms with E-state index in [0.29, 0.717) is 18.3 Å².